The van der Waals surface area contributed by atoms with Gasteiger partial charge >= 0.3 is 0 Å². The fraction of sp³-hybridized carbons (Fsp3) is 0.444. The molecule has 0 bridgehead atoms. The third-order valence-corrected chi connectivity index (χ3v) is 3.25. The topological polar surface area (TPSA) is 67.2 Å². The highest BCUT2D eigenvalue weighted by Crippen LogP contribution is 2.18. The van der Waals surface area contributed by atoms with E-state index in [1.165, 1.54) is 0 Å². The maximum Gasteiger partial charge on any atom is 0.221 e. The maximum absolute atomic E-state index is 10.9. The number of carbonyl (C=O) groups is 1. The Morgan fingerprint density at radius 1 is 1.71 bits per heavy atom. The van der Waals surface area contributed by atoms with Gasteiger partial charge in [0, 0.05) is 36.1 Å². The third kappa shape index (κ3) is 2.05. The van der Waals surface area contributed by atoms with E-state index in [1.807, 2.05) is 11.4 Å². The van der Waals surface area contributed by atoms with Gasteiger partial charge in [0.25, 0.3) is 0 Å². The molecule has 0 spiro atoms. The van der Waals surface area contributed by atoms with E-state index >= 15 is 0 Å². The highest BCUT2D eigenvalue weighted by atomic mass is 32.1. The van der Waals surface area contributed by atoms with E-state index in [1.54, 1.807) is 11.3 Å². The van der Waals surface area contributed by atoms with Crippen molar-refractivity contribution >= 4 is 22.9 Å². The summed E-state index contributed by atoms with van der Waals surface area (Å²) in [4.78, 5) is 12.1. The van der Waals surface area contributed by atoms with Gasteiger partial charge in [-0.25, -0.2) is 0 Å². The van der Waals surface area contributed by atoms with E-state index in [0.29, 0.717) is 6.42 Å². The van der Waals surface area contributed by atoms with Gasteiger partial charge in [-0.3, -0.25) is 4.79 Å². The predicted molar refractivity (Wildman–Crippen MR) is 57.0 cm³/mol. The summed E-state index contributed by atoms with van der Waals surface area (Å²) in [6, 6.07) is 2.16. The summed E-state index contributed by atoms with van der Waals surface area (Å²) in [5, 5.41) is 8.06. The van der Waals surface area contributed by atoms with Crippen LogP contribution in [0.5, 0.6) is 0 Å². The molecule has 4 N–H and O–H groups in total. The lowest BCUT2D eigenvalue weighted by Crippen LogP contribution is -2.30. The van der Waals surface area contributed by atoms with Crippen molar-refractivity contribution in [1.82, 2.24) is 10.6 Å². The number of nitrogen functional groups attached to an aromatic ring is 1. The molecule has 5 heteroatoms. The Balaban J connectivity index is 1.83. The van der Waals surface area contributed by atoms with Crippen LogP contribution in [0.15, 0.2) is 11.4 Å². The van der Waals surface area contributed by atoms with E-state index in [-0.39, 0.29) is 11.9 Å². The van der Waals surface area contributed by atoms with Crippen molar-refractivity contribution in [3.05, 3.63) is 16.3 Å². The van der Waals surface area contributed by atoms with Crippen molar-refractivity contribution < 1.29 is 4.79 Å². The Morgan fingerprint density at radius 2 is 2.57 bits per heavy atom. The monoisotopic (exact) mass is 211 g/mol. The van der Waals surface area contributed by atoms with Crippen molar-refractivity contribution in [2.24, 2.45) is 0 Å². The largest absolute Gasteiger partial charge is 0.398 e. The van der Waals surface area contributed by atoms with Crippen LogP contribution in [0.4, 0.5) is 5.69 Å². The number of nitrogens with one attached hydrogen (secondary N) is 2. The number of rotatable bonds is 3. The van der Waals surface area contributed by atoms with Gasteiger partial charge in [0.1, 0.15) is 0 Å². The number of thiophene rings is 1. The molecule has 2 heterocycles. The second-order valence-electron chi connectivity index (χ2n) is 3.39. The van der Waals surface area contributed by atoms with Crippen molar-refractivity contribution in [2.45, 2.75) is 19.0 Å². The molecule has 1 saturated heterocycles. The number of hydrogen-bond donors (Lipinski definition) is 3. The highest BCUT2D eigenvalue weighted by Gasteiger charge is 2.20. The van der Waals surface area contributed by atoms with Gasteiger partial charge in [-0.1, -0.05) is 0 Å². The summed E-state index contributed by atoms with van der Waals surface area (Å²) in [6.45, 7) is 1.48. The predicted octanol–water partition coefficient (Wildman–Crippen LogP) is 0.308. The molecule has 0 radical (unpaired) electrons. The number of carbonyl (C=O) groups excluding carboxylic acids is 1. The Labute approximate surface area is 86.5 Å². The van der Waals surface area contributed by atoms with Crippen molar-refractivity contribution in [1.29, 1.82) is 0 Å². The van der Waals surface area contributed by atoms with Gasteiger partial charge in [-0.2, -0.15) is 0 Å². The van der Waals surface area contributed by atoms with E-state index in [9.17, 15) is 4.79 Å². The quantitative estimate of drug-likeness (QED) is 0.674. The number of nitrogens with two attached hydrogens (primary N) is 1. The Kier molecular flexibility index (Phi) is 2.69. The first-order valence-corrected chi connectivity index (χ1v) is 5.45. The molecule has 1 atom stereocenters. The Bertz CT molecular complexity index is 337. The van der Waals surface area contributed by atoms with Crippen LogP contribution in [0.2, 0.25) is 0 Å². The molecule has 1 aromatic heterocycles. The zero-order valence-electron chi connectivity index (χ0n) is 7.75. The SMILES string of the molecule is Nc1ccsc1CNC1CNC(=O)C1. The lowest BCUT2D eigenvalue weighted by Gasteiger charge is -2.08. The molecule has 1 aliphatic rings. The van der Waals surface area contributed by atoms with Crippen LogP contribution in [0.3, 0.4) is 0 Å². The molecular weight excluding hydrogens is 198 g/mol. The maximum atomic E-state index is 10.9. The van der Waals surface area contributed by atoms with E-state index in [0.717, 1.165) is 23.7 Å². The van der Waals surface area contributed by atoms with E-state index in [2.05, 4.69) is 10.6 Å². The minimum Gasteiger partial charge on any atom is -0.398 e. The Hall–Kier alpha value is -1.07. The Morgan fingerprint density at radius 3 is 3.14 bits per heavy atom. The minimum atomic E-state index is 0.127. The van der Waals surface area contributed by atoms with Crippen LogP contribution in [-0.2, 0) is 11.3 Å². The summed E-state index contributed by atoms with van der Waals surface area (Å²) < 4.78 is 0. The van der Waals surface area contributed by atoms with Crippen LogP contribution in [0.1, 0.15) is 11.3 Å². The summed E-state index contributed by atoms with van der Waals surface area (Å²) in [5.74, 6) is 0.127. The summed E-state index contributed by atoms with van der Waals surface area (Å²) in [7, 11) is 0. The number of anilines is 1. The summed E-state index contributed by atoms with van der Waals surface area (Å²) in [5.41, 5.74) is 6.57. The zero-order chi connectivity index (χ0) is 9.97. The molecular formula is C9H13N3OS. The van der Waals surface area contributed by atoms with Crippen LogP contribution in [0.25, 0.3) is 0 Å². The smallest absolute Gasteiger partial charge is 0.221 e. The average Bonchev–Trinajstić information content (AvgIpc) is 2.72. The molecule has 14 heavy (non-hydrogen) atoms. The van der Waals surface area contributed by atoms with Crippen molar-refractivity contribution in [3.8, 4) is 0 Å². The van der Waals surface area contributed by atoms with Crippen LogP contribution in [-0.4, -0.2) is 18.5 Å². The molecule has 1 unspecified atom stereocenters. The van der Waals surface area contributed by atoms with Crippen molar-refractivity contribution in [3.63, 3.8) is 0 Å². The molecule has 1 aromatic rings. The third-order valence-electron chi connectivity index (χ3n) is 2.31. The molecule has 1 fully saturated rings. The van der Waals surface area contributed by atoms with E-state index in [4.69, 9.17) is 5.73 Å². The molecule has 4 nitrogen and oxygen atoms in total. The zero-order valence-corrected chi connectivity index (χ0v) is 8.56. The molecule has 0 saturated carbocycles. The van der Waals surface area contributed by atoms with Gasteiger partial charge < -0.3 is 16.4 Å². The molecule has 1 amide bonds. The summed E-state index contributed by atoms with van der Waals surface area (Å²) in [6.07, 6.45) is 0.575. The molecule has 2 rings (SSSR count). The molecule has 0 aromatic carbocycles. The first-order chi connectivity index (χ1) is 6.75. The van der Waals surface area contributed by atoms with Crippen LogP contribution < -0.4 is 16.4 Å². The van der Waals surface area contributed by atoms with E-state index < -0.39 is 0 Å². The lowest BCUT2D eigenvalue weighted by molar-refractivity contribution is -0.119. The van der Waals surface area contributed by atoms with Crippen LogP contribution in [0, 0.1) is 0 Å². The van der Waals surface area contributed by atoms with Gasteiger partial charge in [0.05, 0.1) is 0 Å². The minimum absolute atomic E-state index is 0.127. The second-order valence-corrected chi connectivity index (χ2v) is 4.39. The highest BCUT2D eigenvalue weighted by molar-refractivity contribution is 7.10. The van der Waals surface area contributed by atoms with Gasteiger partial charge in [0.2, 0.25) is 5.91 Å². The van der Waals surface area contributed by atoms with Gasteiger partial charge in [-0.15, -0.1) is 11.3 Å². The number of hydrogen-bond acceptors (Lipinski definition) is 4. The normalized spacial score (nSPS) is 21.1. The first kappa shape index (κ1) is 9.48. The van der Waals surface area contributed by atoms with Gasteiger partial charge in [-0.05, 0) is 11.4 Å². The fourth-order valence-corrected chi connectivity index (χ4v) is 2.23. The average molecular weight is 211 g/mol. The molecule has 0 aliphatic carbocycles. The second kappa shape index (κ2) is 3.98. The van der Waals surface area contributed by atoms with Crippen molar-refractivity contribution in [2.75, 3.05) is 12.3 Å². The summed E-state index contributed by atoms with van der Waals surface area (Å²) >= 11 is 1.64. The first-order valence-electron chi connectivity index (χ1n) is 4.57. The van der Waals surface area contributed by atoms with Gasteiger partial charge in [0.15, 0.2) is 0 Å². The van der Waals surface area contributed by atoms with Crippen LogP contribution >= 0.6 is 11.3 Å². The fourth-order valence-electron chi connectivity index (χ4n) is 1.48. The lowest BCUT2D eigenvalue weighted by atomic mass is 10.2. The standard InChI is InChI=1S/C9H13N3OS/c10-7-1-2-14-8(7)5-11-6-3-9(13)12-4-6/h1-2,6,11H,3-5,10H2,(H,12,13). The molecule has 1 aliphatic heterocycles. The number of amides is 1. The molecule has 76 valence electrons.